The molecule has 2 unspecified atom stereocenters. The lowest BCUT2D eigenvalue weighted by Crippen LogP contribution is -2.33. The number of aromatic nitrogens is 2. The Kier molecular flexibility index (Phi) is 4.06. The lowest BCUT2D eigenvalue weighted by Gasteiger charge is -2.23. The number of hydrogen-bond acceptors (Lipinski definition) is 4. The smallest absolute Gasteiger partial charge is 0.0945 e. The Labute approximate surface area is 143 Å². The number of imidazole rings is 1. The molecule has 1 N–H and O–H groups in total. The van der Waals surface area contributed by atoms with Crippen molar-refractivity contribution in [3.63, 3.8) is 0 Å². The van der Waals surface area contributed by atoms with Crippen LogP contribution in [0.5, 0.6) is 0 Å². The highest BCUT2D eigenvalue weighted by Gasteiger charge is 2.45. The fourth-order valence-corrected chi connectivity index (χ4v) is 4.02. The van der Waals surface area contributed by atoms with Crippen LogP contribution in [0.1, 0.15) is 24.1 Å². The van der Waals surface area contributed by atoms with Crippen LogP contribution in [0.2, 0.25) is 0 Å². The van der Waals surface area contributed by atoms with Crippen molar-refractivity contribution in [2.45, 2.75) is 38.0 Å². The normalized spacial score (nSPS) is 27.2. The van der Waals surface area contributed by atoms with Crippen molar-refractivity contribution in [2.75, 3.05) is 25.0 Å². The van der Waals surface area contributed by atoms with Gasteiger partial charge in [-0.3, -0.25) is 4.90 Å². The molecule has 24 heavy (non-hydrogen) atoms. The predicted octanol–water partition coefficient (Wildman–Crippen LogP) is 2.57. The van der Waals surface area contributed by atoms with Gasteiger partial charge in [0.25, 0.3) is 0 Å². The standard InChI is InChI=1S/C19H26N4O/c1-15-4-3-5-16(8-15)21-17-9-19(24-12-17)6-7-23(13-19)11-18-10-20-14-22(18)2/h3-5,8,10,14,17,21H,6-7,9,11-13H2,1-2H3. The maximum atomic E-state index is 6.27. The van der Waals surface area contributed by atoms with E-state index < -0.39 is 0 Å². The molecule has 2 saturated heterocycles. The van der Waals surface area contributed by atoms with Crippen LogP contribution < -0.4 is 5.32 Å². The largest absolute Gasteiger partial charge is 0.380 e. The number of nitrogens with zero attached hydrogens (tertiary/aromatic N) is 3. The van der Waals surface area contributed by atoms with Crippen molar-refractivity contribution in [2.24, 2.45) is 7.05 Å². The van der Waals surface area contributed by atoms with E-state index in [0.717, 1.165) is 39.1 Å². The molecule has 2 fully saturated rings. The summed E-state index contributed by atoms with van der Waals surface area (Å²) in [5, 5.41) is 3.64. The van der Waals surface area contributed by atoms with Crippen molar-refractivity contribution in [1.29, 1.82) is 0 Å². The zero-order valence-corrected chi connectivity index (χ0v) is 14.5. The summed E-state index contributed by atoms with van der Waals surface area (Å²) >= 11 is 0. The zero-order valence-electron chi connectivity index (χ0n) is 14.5. The van der Waals surface area contributed by atoms with E-state index in [0.29, 0.717) is 6.04 Å². The molecule has 0 amide bonds. The minimum absolute atomic E-state index is 0.0279. The first kappa shape index (κ1) is 15.7. The predicted molar refractivity (Wildman–Crippen MR) is 95.0 cm³/mol. The van der Waals surface area contributed by atoms with E-state index in [9.17, 15) is 0 Å². The first-order valence-electron chi connectivity index (χ1n) is 8.77. The number of nitrogens with one attached hydrogen (secondary N) is 1. The molecule has 1 spiro atoms. The van der Waals surface area contributed by atoms with Crippen LogP contribution in [0.3, 0.4) is 0 Å². The number of anilines is 1. The Morgan fingerprint density at radius 2 is 2.33 bits per heavy atom. The van der Waals surface area contributed by atoms with Crippen molar-refractivity contribution < 1.29 is 4.74 Å². The number of aryl methyl sites for hydroxylation is 2. The van der Waals surface area contributed by atoms with E-state index in [2.05, 4.69) is 58.0 Å². The SMILES string of the molecule is Cc1cccc(NC2COC3(CCN(Cc4cncn4C)C3)C2)c1. The summed E-state index contributed by atoms with van der Waals surface area (Å²) in [6.45, 7) is 6.00. The zero-order chi connectivity index (χ0) is 16.6. The highest BCUT2D eigenvalue weighted by Crippen LogP contribution is 2.36. The van der Waals surface area contributed by atoms with Crippen LogP contribution in [-0.2, 0) is 18.3 Å². The minimum Gasteiger partial charge on any atom is -0.380 e. The minimum atomic E-state index is 0.0279. The first-order chi connectivity index (χ1) is 11.6. The van der Waals surface area contributed by atoms with Gasteiger partial charge in [-0.2, -0.15) is 0 Å². The number of benzene rings is 1. The molecule has 2 aliphatic heterocycles. The van der Waals surface area contributed by atoms with Crippen LogP contribution >= 0.6 is 0 Å². The fourth-order valence-electron chi connectivity index (χ4n) is 4.02. The first-order valence-corrected chi connectivity index (χ1v) is 8.77. The van der Waals surface area contributed by atoms with Crippen molar-refractivity contribution >= 4 is 5.69 Å². The summed E-state index contributed by atoms with van der Waals surface area (Å²) in [4.78, 5) is 6.71. The van der Waals surface area contributed by atoms with Crippen LogP contribution in [-0.4, -0.2) is 45.8 Å². The van der Waals surface area contributed by atoms with Gasteiger partial charge in [0.1, 0.15) is 0 Å². The van der Waals surface area contributed by atoms with Crippen molar-refractivity contribution in [1.82, 2.24) is 14.5 Å². The fraction of sp³-hybridized carbons (Fsp3) is 0.526. The van der Waals surface area contributed by atoms with Gasteiger partial charge in [0.15, 0.2) is 0 Å². The van der Waals surface area contributed by atoms with Gasteiger partial charge in [-0.25, -0.2) is 4.98 Å². The molecule has 1 aromatic heterocycles. The topological polar surface area (TPSA) is 42.3 Å². The molecule has 5 nitrogen and oxygen atoms in total. The lowest BCUT2D eigenvalue weighted by atomic mass is 9.97. The highest BCUT2D eigenvalue weighted by atomic mass is 16.5. The molecule has 2 aliphatic rings. The van der Waals surface area contributed by atoms with Gasteiger partial charge in [-0.05, 0) is 31.0 Å². The Morgan fingerprint density at radius 1 is 1.42 bits per heavy atom. The van der Waals surface area contributed by atoms with Gasteiger partial charge in [0, 0.05) is 45.0 Å². The second-order valence-corrected chi connectivity index (χ2v) is 7.37. The molecule has 2 aromatic rings. The summed E-state index contributed by atoms with van der Waals surface area (Å²) in [5.41, 5.74) is 3.78. The summed E-state index contributed by atoms with van der Waals surface area (Å²) in [5.74, 6) is 0. The van der Waals surface area contributed by atoms with Crippen LogP contribution in [0.4, 0.5) is 5.69 Å². The van der Waals surface area contributed by atoms with Gasteiger partial charge in [0.2, 0.25) is 0 Å². The van der Waals surface area contributed by atoms with Crippen LogP contribution in [0, 0.1) is 6.92 Å². The Bertz CT molecular complexity index is 713. The van der Waals surface area contributed by atoms with E-state index in [-0.39, 0.29) is 5.60 Å². The van der Waals surface area contributed by atoms with E-state index in [1.54, 1.807) is 0 Å². The Morgan fingerprint density at radius 3 is 3.12 bits per heavy atom. The maximum absolute atomic E-state index is 6.27. The third-order valence-electron chi connectivity index (χ3n) is 5.30. The molecular formula is C19H26N4O. The highest BCUT2D eigenvalue weighted by molar-refractivity contribution is 5.46. The van der Waals surface area contributed by atoms with Gasteiger partial charge < -0.3 is 14.6 Å². The second-order valence-electron chi connectivity index (χ2n) is 7.37. The maximum Gasteiger partial charge on any atom is 0.0945 e. The molecule has 2 atom stereocenters. The summed E-state index contributed by atoms with van der Waals surface area (Å²) in [6, 6.07) is 8.98. The second kappa shape index (κ2) is 6.22. The number of hydrogen-bond donors (Lipinski definition) is 1. The molecule has 0 radical (unpaired) electrons. The van der Waals surface area contributed by atoms with Crippen LogP contribution in [0.15, 0.2) is 36.8 Å². The molecule has 0 aliphatic carbocycles. The quantitative estimate of drug-likeness (QED) is 0.938. The third-order valence-corrected chi connectivity index (χ3v) is 5.30. The molecule has 0 saturated carbocycles. The van der Waals surface area contributed by atoms with Gasteiger partial charge in [0.05, 0.1) is 30.3 Å². The lowest BCUT2D eigenvalue weighted by molar-refractivity contribution is 0.0118. The molecule has 5 heteroatoms. The van der Waals surface area contributed by atoms with Gasteiger partial charge >= 0.3 is 0 Å². The Balaban J connectivity index is 1.35. The summed E-state index contributed by atoms with van der Waals surface area (Å²) in [7, 11) is 2.06. The monoisotopic (exact) mass is 326 g/mol. The van der Waals surface area contributed by atoms with E-state index in [1.165, 1.54) is 16.9 Å². The summed E-state index contributed by atoms with van der Waals surface area (Å²) < 4.78 is 8.37. The van der Waals surface area contributed by atoms with E-state index in [1.807, 2.05) is 12.5 Å². The van der Waals surface area contributed by atoms with E-state index >= 15 is 0 Å². The average Bonchev–Trinajstić information content (AvgIpc) is 3.24. The molecular weight excluding hydrogens is 300 g/mol. The number of ether oxygens (including phenoxy) is 1. The molecule has 4 rings (SSSR count). The van der Waals surface area contributed by atoms with Crippen molar-refractivity contribution in [3.05, 3.63) is 48.0 Å². The molecule has 3 heterocycles. The van der Waals surface area contributed by atoms with E-state index in [4.69, 9.17) is 4.74 Å². The number of rotatable bonds is 4. The number of likely N-dealkylation sites (tertiary alicyclic amines) is 1. The Hall–Kier alpha value is -1.85. The molecule has 1 aromatic carbocycles. The van der Waals surface area contributed by atoms with Crippen molar-refractivity contribution in [3.8, 4) is 0 Å². The van der Waals surface area contributed by atoms with Gasteiger partial charge in [-0.15, -0.1) is 0 Å². The average molecular weight is 326 g/mol. The summed E-state index contributed by atoms with van der Waals surface area (Å²) in [6.07, 6.45) is 6.04. The molecule has 0 bridgehead atoms. The van der Waals surface area contributed by atoms with Crippen LogP contribution in [0.25, 0.3) is 0 Å². The molecule has 128 valence electrons. The van der Waals surface area contributed by atoms with Gasteiger partial charge in [-0.1, -0.05) is 12.1 Å². The third kappa shape index (κ3) is 3.19.